The second-order valence-electron chi connectivity index (χ2n) is 9.12. The average molecular weight is 618 g/mol. The number of amides is 1. The molecule has 0 unspecified atom stereocenters. The number of aromatic nitrogens is 3. The topological polar surface area (TPSA) is 159 Å². The van der Waals surface area contributed by atoms with E-state index in [1.54, 1.807) is 23.7 Å². The van der Waals surface area contributed by atoms with Crippen molar-refractivity contribution >= 4 is 59.8 Å². The fraction of sp³-hybridized carbons (Fsp3) is 0.320. The Labute approximate surface area is 244 Å². The Morgan fingerprint density at radius 1 is 1.22 bits per heavy atom. The van der Waals surface area contributed by atoms with E-state index in [9.17, 15) is 13.2 Å². The Morgan fingerprint density at radius 2 is 2.00 bits per heavy atom. The highest BCUT2D eigenvalue weighted by Gasteiger charge is 2.26. The molecule has 0 atom stereocenters. The molecule has 1 amide bonds. The molecule has 0 aliphatic carbocycles. The SMILES string of the molecule is CN1CC(Oc2ccc3nc(NC(=O)/C(=N/OCc4nccs4)c4ccc(S(=O)(=O)N(C)CCO)cc4)sc3n2)C1. The van der Waals surface area contributed by atoms with E-state index in [1.165, 1.54) is 54.0 Å². The Kier molecular flexibility index (Phi) is 8.86. The number of carbonyl (C=O) groups is 1. The number of ether oxygens (including phenoxy) is 1. The first-order valence-electron chi connectivity index (χ1n) is 12.4. The van der Waals surface area contributed by atoms with Crippen LogP contribution in [0.4, 0.5) is 5.13 Å². The zero-order valence-electron chi connectivity index (χ0n) is 22.1. The number of fused-ring (bicyclic) bond motifs is 1. The quantitative estimate of drug-likeness (QED) is 0.178. The summed E-state index contributed by atoms with van der Waals surface area (Å²) in [4.78, 5) is 34.7. The third kappa shape index (κ3) is 6.86. The van der Waals surface area contributed by atoms with Crippen molar-refractivity contribution in [1.29, 1.82) is 0 Å². The number of thiazole rings is 2. The third-order valence-electron chi connectivity index (χ3n) is 6.06. The van der Waals surface area contributed by atoms with Crippen LogP contribution in [-0.4, -0.2) is 95.7 Å². The van der Waals surface area contributed by atoms with Gasteiger partial charge in [-0.3, -0.25) is 15.0 Å². The lowest BCUT2D eigenvalue weighted by Crippen LogP contribution is -2.51. The highest BCUT2D eigenvalue weighted by Crippen LogP contribution is 2.27. The Morgan fingerprint density at radius 3 is 2.68 bits per heavy atom. The predicted octanol–water partition coefficient (Wildman–Crippen LogP) is 2.01. The van der Waals surface area contributed by atoms with E-state index in [2.05, 4.69) is 30.3 Å². The molecule has 0 radical (unpaired) electrons. The molecule has 4 heterocycles. The van der Waals surface area contributed by atoms with Crippen LogP contribution in [0.2, 0.25) is 0 Å². The van der Waals surface area contributed by atoms with E-state index in [4.69, 9.17) is 14.7 Å². The molecular weight excluding hydrogens is 591 g/mol. The van der Waals surface area contributed by atoms with Gasteiger partial charge < -0.3 is 14.7 Å². The number of sulfonamides is 1. The van der Waals surface area contributed by atoms with Crippen LogP contribution < -0.4 is 10.1 Å². The summed E-state index contributed by atoms with van der Waals surface area (Å²) in [6, 6.07) is 9.19. The molecule has 1 aliphatic heterocycles. The number of likely N-dealkylation sites (tertiary alicyclic amines) is 1. The van der Waals surface area contributed by atoms with Crippen molar-refractivity contribution in [3.63, 3.8) is 0 Å². The number of aliphatic hydroxyl groups is 1. The summed E-state index contributed by atoms with van der Waals surface area (Å²) in [7, 11) is -0.426. The number of aliphatic hydroxyl groups excluding tert-OH is 1. The van der Waals surface area contributed by atoms with Crippen molar-refractivity contribution in [2.45, 2.75) is 17.6 Å². The van der Waals surface area contributed by atoms with E-state index < -0.39 is 15.9 Å². The molecule has 0 bridgehead atoms. The van der Waals surface area contributed by atoms with Gasteiger partial charge in [0.2, 0.25) is 15.9 Å². The van der Waals surface area contributed by atoms with Crippen LogP contribution in [0.5, 0.6) is 5.88 Å². The Hall–Kier alpha value is -3.54. The van der Waals surface area contributed by atoms with E-state index in [-0.39, 0.29) is 36.5 Å². The minimum absolute atomic E-state index is 0.00415. The first-order valence-corrected chi connectivity index (χ1v) is 15.6. The molecule has 16 heteroatoms. The normalized spacial score (nSPS) is 14.8. The van der Waals surface area contributed by atoms with Crippen molar-refractivity contribution < 1.29 is 27.9 Å². The summed E-state index contributed by atoms with van der Waals surface area (Å²) >= 11 is 2.57. The van der Waals surface area contributed by atoms with Crippen molar-refractivity contribution in [3.05, 3.63) is 58.5 Å². The summed E-state index contributed by atoms with van der Waals surface area (Å²) < 4.78 is 32.4. The highest BCUT2D eigenvalue weighted by molar-refractivity contribution is 7.89. The standard InChI is InChI=1S/C25H27N7O6S3/c1-31-13-17(14-31)38-20-8-7-19-24(28-20)40-25(27-19)29-23(34)22(30-37-15-21-26-9-12-39-21)16-3-5-18(6-4-16)41(35,36)32(2)10-11-33/h3-9,12,17,33H,10-11,13-15H2,1-2H3,(H,27,29,34)/b30-22+. The monoisotopic (exact) mass is 617 g/mol. The lowest BCUT2D eigenvalue weighted by molar-refractivity contribution is -0.110. The van der Waals surface area contributed by atoms with Gasteiger partial charge in [-0.15, -0.1) is 11.3 Å². The molecule has 41 heavy (non-hydrogen) atoms. The van der Waals surface area contributed by atoms with E-state index >= 15 is 0 Å². The largest absolute Gasteiger partial charge is 0.472 e. The molecule has 0 spiro atoms. The van der Waals surface area contributed by atoms with Gasteiger partial charge in [-0.25, -0.2) is 23.4 Å². The minimum Gasteiger partial charge on any atom is -0.472 e. The second kappa shape index (κ2) is 12.5. The lowest BCUT2D eigenvalue weighted by atomic mass is 10.1. The van der Waals surface area contributed by atoms with Gasteiger partial charge in [0.1, 0.15) is 21.5 Å². The third-order valence-corrected chi connectivity index (χ3v) is 9.57. The van der Waals surface area contributed by atoms with Gasteiger partial charge in [0, 0.05) is 49.9 Å². The molecule has 1 aliphatic rings. The Balaban J connectivity index is 1.35. The Bertz CT molecular complexity index is 1640. The van der Waals surface area contributed by atoms with Gasteiger partial charge in [-0.05, 0) is 25.2 Å². The molecule has 0 saturated carbocycles. The van der Waals surface area contributed by atoms with Crippen LogP contribution in [0, 0.1) is 0 Å². The number of rotatable bonds is 12. The summed E-state index contributed by atoms with van der Waals surface area (Å²) in [6.45, 7) is 1.37. The first kappa shape index (κ1) is 29.0. The number of likely N-dealkylation sites (N-methyl/N-ethyl adjacent to an activating group) is 2. The van der Waals surface area contributed by atoms with Crippen LogP contribution in [0.25, 0.3) is 10.3 Å². The number of hydrogen-bond donors (Lipinski definition) is 2. The zero-order valence-corrected chi connectivity index (χ0v) is 24.6. The number of pyridine rings is 1. The molecule has 2 N–H and O–H groups in total. The maximum absolute atomic E-state index is 13.4. The number of nitrogens with zero attached hydrogens (tertiary/aromatic N) is 6. The predicted molar refractivity (Wildman–Crippen MR) is 155 cm³/mol. The number of hydrogen-bond acceptors (Lipinski definition) is 13. The van der Waals surface area contributed by atoms with Crippen LogP contribution in [0.3, 0.4) is 0 Å². The van der Waals surface area contributed by atoms with Gasteiger partial charge >= 0.3 is 0 Å². The number of benzene rings is 1. The summed E-state index contributed by atoms with van der Waals surface area (Å²) in [5.41, 5.74) is 0.841. The maximum Gasteiger partial charge on any atom is 0.280 e. The molecule has 1 saturated heterocycles. The molecule has 3 aromatic heterocycles. The second-order valence-corrected chi connectivity index (χ2v) is 13.1. The van der Waals surface area contributed by atoms with Gasteiger partial charge in [0.25, 0.3) is 5.91 Å². The van der Waals surface area contributed by atoms with Gasteiger partial charge in [-0.2, -0.15) is 4.31 Å². The smallest absolute Gasteiger partial charge is 0.280 e. The summed E-state index contributed by atoms with van der Waals surface area (Å²) in [6.07, 6.45) is 1.73. The van der Waals surface area contributed by atoms with Crippen LogP contribution in [0.15, 0.2) is 58.0 Å². The van der Waals surface area contributed by atoms with Crippen molar-refractivity contribution in [2.75, 3.05) is 45.7 Å². The number of oxime groups is 1. The molecule has 1 fully saturated rings. The molecule has 1 aromatic carbocycles. The van der Waals surface area contributed by atoms with Crippen LogP contribution in [-0.2, 0) is 26.3 Å². The van der Waals surface area contributed by atoms with Crippen molar-refractivity contribution in [3.8, 4) is 5.88 Å². The maximum atomic E-state index is 13.4. The van der Waals surface area contributed by atoms with Crippen LogP contribution in [0.1, 0.15) is 10.6 Å². The van der Waals surface area contributed by atoms with Crippen molar-refractivity contribution in [2.24, 2.45) is 5.16 Å². The van der Waals surface area contributed by atoms with E-state index in [1.807, 2.05) is 7.05 Å². The fourth-order valence-electron chi connectivity index (χ4n) is 3.89. The summed E-state index contributed by atoms with van der Waals surface area (Å²) in [5, 5.41) is 18.7. The summed E-state index contributed by atoms with van der Waals surface area (Å²) in [5.74, 6) is -0.111. The highest BCUT2D eigenvalue weighted by atomic mass is 32.2. The van der Waals surface area contributed by atoms with Gasteiger partial charge in [0.05, 0.1) is 11.5 Å². The van der Waals surface area contributed by atoms with Gasteiger partial charge in [-0.1, -0.05) is 28.6 Å². The number of carbonyl (C=O) groups excluding carboxylic acids is 1. The number of anilines is 1. The number of nitrogens with one attached hydrogen (secondary N) is 1. The zero-order chi connectivity index (χ0) is 29.0. The van der Waals surface area contributed by atoms with Crippen LogP contribution >= 0.6 is 22.7 Å². The molecule has 216 valence electrons. The molecular formula is C25H27N7O6S3. The minimum atomic E-state index is -3.82. The first-order chi connectivity index (χ1) is 19.7. The molecule has 4 aromatic rings. The van der Waals surface area contributed by atoms with Crippen molar-refractivity contribution in [1.82, 2.24) is 24.2 Å². The average Bonchev–Trinajstić information content (AvgIpc) is 3.59. The van der Waals surface area contributed by atoms with E-state index in [0.717, 1.165) is 17.4 Å². The van der Waals surface area contributed by atoms with E-state index in [0.29, 0.717) is 31.9 Å². The van der Waals surface area contributed by atoms with Gasteiger partial charge in [0.15, 0.2) is 17.5 Å². The lowest BCUT2D eigenvalue weighted by Gasteiger charge is -2.35. The molecule has 13 nitrogen and oxygen atoms in total. The fourth-order valence-corrected chi connectivity index (χ4v) is 6.40. The molecule has 5 rings (SSSR count).